The van der Waals surface area contributed by atoms with Crippen LogP contribution in [-0.2, 0) is 6.42 Å². The molecule has 4 N–H and O–H groups in total. The van der Waals surface area contributed by atoms with Crippen LogP contribution in [0.3, 0.4) is 0 Å². The van der Waals surface area contributed by atoms with Crippen LogP contribution in [0.15, 0.2) is 22.7 Å². The molecule has 2 nitrogen and oxygen atoms in total. The second-order valence-corrected chi connectivity index (χ2v) is 3.89. The van der Waals surface area contributed by atoms with Crippen LogP contribution in [0.4, 0.5) is 0 Å². The fourth-order valence-corrected chi connectivity index (χ4v) is 1.79. The van der Waals surface area contributed by atoms with E-state index in [-0.39, 0.29) is 6.17 Å². The number of halogens is 2. The summed E-state index contributed by atoms with van der Waals surface area (Å²) in [6, 6.07) is 5.57. The van der Waals surface area contributed by atoms with E-state index in [1.165, 1.54) is 0 Å². The minimum Gasteiger partial charge on any atom is -0.316 e. The first-order valence-electron chi connectivity index (χ1n) is 3.54. The lowest BCUT2D eigenvalue weighted by Gasteiger charge is -2.07. The van der Waals surface area contributed by atoms with Crippen LogP contribution in [0.25, 0.3) is 0 Å². The topological polar surface area (TPSA) is 52.0 Å². The lowest BCUT2D eigenvalue weighted by molar-refractivity contribution is 0.701. The van der Waals surface area contributed by atoms with Crippen molar-refractivity contribution in [1.29, 1.82) is 0 Å². The summed E-state index contributed by atoms with van der Waals surface area (Å²) in [5.41, 5.74) is 12.0. The van der Waals surface area contributed by atoms with Crippen molar-refractivity contribution in [1.82, 2.24) is 0 Å². The molecule has 0 saturated heterocycles. The lowest BCUT2D eigenvalue weighted by Crippen LogP contribution is -2.32. The number of hydrogen-bond donors (Lipinski definition) is 2. The van der Waals surface area contributed by atoms with Crippen molar-refractivity contribution in [2.24, 2.45) is 11.5 Å². The molecule has 0 aliphatic carbocycles. The van der Waals surface area contributed by atoms with Crippen molar-refractivity contribution in [2.45, 2.75) is 12.6 Å². The standard InChI is InChI=1S/C8H10BrClN2/c9-7-4-6(10)2-1-5(7)3-8(11)12/h1-2,4,8H,3,11-12H2. The maximum Gasteiger partial charge on any atom is 0.0562 e. The van der Waals surface area contributed by atoms with Crippen LogP contribution in [0.1, 0.15) is 5.56 Å². The van der Waals surface area contributed by atoms with Gasteiger partial charge in [0, 0.05) is 15.9 Å². The molecule has 1 aromatic rings. The van der Waals surface area contributed by atoms with Gasteiger partial charge in [0.25, 0.3) is 0 Å². The summed E-state index contributed by atoms with van der Waals surface area (Å²) in [4.78, 5) is 0. The van der Waals surface area contributed by atoms with Gasteiger partial charge >= 0.3 is 0 Å². The van der Waals surface area contributed by atoms with Gasteiger partial charge in [-0.25, -0.2) is 0 Å². The number of rotatable bonds is 2. The van der Waals surface area contributed by atoms with Crippen molar-refractivity contribution < 1.29 is 0 Å². The van der Waals surface area contributed by atoms with Crippen LogP contribution in [-0.4, -0.2) is 6.17 Å². The van der Waals surface area contributed by atoms with Gasteiger partial charge in [-0.3, -0.25) is 0 Å². The Balaban J connectivity index is 2.86. The third-order valence-electron chi connectivity index (χ3n) is 1.47. The molecule has 0 fully saturated rings. The minimum absolute atomic E-state index is 0.317. The average molecular weight is 250 g/mol. The van der Waals surface area contributed by atoms with Gasteiger partial charge < -0.3 is 11.5 Å². The zero-order valence-electron chi connectivity index (χ0n) is 6.43. The fourth-order valence-electron chi connectivity index (χ4n) is 0.941. The molecule has 12 heavy (non-hydrogen) atoms. The number of hydrogen-bond acceptors (Lipinski definition) is 2. The van der Waals surface area contributed by atoms with E-state index >= 15 is 0 Å². The van der Waals surface area contributed by atoms with E-state index in [9.17, 15) is 0 Å². The van der Waals surface area contributed by atoms with Crippen LogP contribution in [0, 0.1) is 0 Å². The molecule has 0 amide bonds. The highest BCUT2D eigenvalue weighted by atomic mass is 79.9. The molecule has 0 unspecified atom stereocenters. The van der Waals surface area contributed by atoms with E-state index in [0.29, 0.717) is 11.4 Å². The first kappa shape index (κ1) is 9.99. The Hall–Kier alpha value is -0.0900. The molecular weight excluding hydrogens is 239 g/mol. The fraction of sp³-hybridized carbons (Fsp3) is 0.250. The number of benzene rings is 1. The van der Waals surface area contributed by atoms with Gasteiger partial charge in [0.05, 0.1) is 6.17 Å². The molecule has 0 spiro atoms. The first-order valence-corrected chi connectivity index (χ1v) is 4.72. The monoisotopic (exact) mass is 248 g/mol. The Kier molecular flexibility index (Phi) is 3.53. The predicted octanol–water partition coefficient (Wildman–Crippen LogP) is 1.89. The Morgan fingerprint density at radius 2 is 2.08 bits per heavy atom. The highest BCUT2D eigenvalue weighted by Gasteiger charge is 2.02. The molecule has 0 atom stereocenters. The highest BCUT2D eigenvalue weighted by Crippen LogP contribution is 2.21. The lowest BCUT2D eigenvalue weighted by atomic mass is 10.1. The smallest absolute Gasteiger partial charge is 0.0562 e. The molecule has 1 aromatic carbocycles. The third kappa shape index (κ3) is 2.75. The van der Waals surface area contributed by atoms with Crippen molar-refractivity contribution in [3.05, 3.63) is 33.3 Å². The van der Waals surface area contributed by atoms with Gasteiger partial charge in [0.15, 0.2) is 0 Å². The summed E-state index contributed by atoms with van der Waals surface area (Å²) in [6.45, 7) is 0. The van der Waals surface area contributed by atoms with E-state index in [4.69, 9.17) is 23.1 Å². The minimum atomic E-state index is -0.317. The van der Waals surface area contributed by atoms with Gasteiger partial charge in [-0.05, 0) is 17.7 Å². The van der Waals surface area contributed by atoms with E-state index in [0.717, 1.165) is 10.0 Å². The van der Waals surface area contributed by atoms with Gasteiger partial charge in [-0.15, -0.1) is 0 Å². The quantitative estimate of drug-likeness (QED) is 0.787. The van der Waals surface area contributed by atoms with E-state index in [1.54, 1.807) is 0 Å². The van der Waals surface area contributed by atoms with E-state index in [1.807, 2.05) is 18.2 Å². The molecular formula is C8H10BrClN2. The van der Waals surface area contributed by atoms with Gasteiger partial charge in [0.1, 0.15) is 0 Å². The predicted molar refractivity (Wildman–Crippen MR) is 55.0 cm³/mol. The maximum atomic E-state index is 5.76. The van der Waals surface area contributed by atoms with Crippen LogP contribution in [0.5, 0.6) is 0 Å². The zero-order valence-corrected chi connectivity index (χ0v) is 8.77. The van der Waals surface area contributed by atoms with Crippen LogP contribution < -0.4 is 11.5 Å². The normalized spacial score (nSPS) is 10.8. The largest absolute Gasteiger partial charge is 0.316 e. The van der Waals surface area contributed by atoms with Gasteiger partial charge in [0.2, 0.25) is 0 Å². The molecule has 0 radical (unpaired) electrons. The van der Waals surface area contributed by atoms with Crippen molar-refractivity contribution in [3.63, 3.8) is 0 Å². The molecule has 0 aromatic heterocycles. The summed E-state index contributed by atoms with van der Waals surface area (Å²) in [5, 5.41) is 0.705. The number of nitrogens with two attached hydrogens (primary N) is 2. The molecule has 0 aliphatic heterocycles. The van der Waals surface area contributed by atoms with E-state index in [2.05, 4.69) is 15.9 Å². The van der Waals surface area contributed by atoms with Crippen LogP contribution in [0.2, 0.25) is 5.02 Å². The van der Waals surface area contributed by atoms with E-state index < -0.39 is 0 Å². The van der Waals surface area contributed by atoms with Crippen LogP contribution >= 0.6 is 27.5 Å². The Labute approximate surface area is 85.0 Å². The zero-order chi connectivity index (χ0) is 9.14. The first-order chi connectivity index (χ1) is 5.59. The molecule has 0 heterocycles. The molecule has 4 heteroatoms. The van der Waals surface area contributed by atoms with Gasteiger partial charge in [-0.2, -0.15) is 0 Å². The Morgan fingerprint density at radius 1 is 1.42 bits per heavy atom. The molecule has 0 aliphatic rings. The maximum absolute atomic E-state index is 5.76. The molecule has 66 valence electrons. The molecule has 0 saturated carbocycles. The van der Waals surface area contributed by atoms with Crippen molar-refractivity contribution >= 4 is 27.5 Å². The second-order valence-electron chi connectivity index (χ2n) is 2.60. The molecule has 0 bridgehead atoms. The third-order valence-corrected chi connectivity index (χ3v) is 2.44. The molecule has 1 rings (SSSR count). The van der Waals surface area contributed by atoms with Gasteiger partial charge in [-0.1, -0.05) is 33.6 Å². The summed E-state index contributed by atoms with van der Waals surface area (Å²) in [6.07, 6.45) is 0.333. The Morgan fingerprint density at radius 3 is 2.58 bits per heavy atom. The Bertz CT molecular complexity index is 276. The second kappa shape index (κ2) is 4.23. The average Bonchev–Trinajstić information content (AvgIpc) is 1.94. The van der Waals surface area contributed by atoms with Crippen molar-refractivity contribution in [2.75, 3.05) is 0 Å². The summed E-state index contributed by atoms with van der Waals surface area (Å²) in [5.74, 6) is 0. The summed E-state index contributed by atoms with van der Waals surface area (Å²) < 4.78 is 0.955. The van der Waals surface area contributed by atoms with Crippen molar-refractivity contribution in [3.8, 4) is 0 Å². The highest BCUT2D eigenvalue weighted by molar-refractivity contribution is 9.10. The SMILES string of the molecule is NC(N)Cc1ccc(Cl)cc1Br. The summed E-state index contributed by atoms with van der Waals surface area (Å²) in [7, 11) is 0. The summed E-state index contributed by atoms with van der Waals surface area (Å²) >= 11 is 9.14.